The second-order valence-electron chi connectivity index (χ2n) is 4.95. The fraction of sp³-hybridized carbons (Fsp3) is 0.188. The summed E-state index contributed by atoms with van der Waals surface area (Å²) in [4.78, 5) is 18.0. The van der Waals surface area contributed by atoms with E-state index in [9.17, 15) is 4.79 Å². The summed E-state index contributed by atoms with van der Waals surface area (Å²) >= 11 is 5.89. The van der Waals surface area contributed by atoms with Gasteiger partial charge in [-0.15, -0.1) is 0 Å². The zero-order valence-corrected chi connectivity index (χ0v) is 12.3. The Hall–Kier alpha value is -2.58. The Kier molecular flexibility index (Phi) is 3.94. The molecular weight excluding hydrogens is 302 g/mol. The van der Waals surface area contributed by atoms with Gasteiger partial charge in [0.05, 0.1) is 24.7 Å². The van der Waals surface area contributed by atoms with Gasteiger partial charge < -0.3 is 9.64 Å². The van der Waals surface area contributed by atoms with Crippen molar-refractivity contribution in [2.75, 3.05) is 13.1 Å². The van der Waals surface area contributed by atoms with Crippen LogP contribution in [0.1, 0.15) is 15.9 Å². The molecule has 0 unspecified atom stereocenters. The maximum Gasteiger partial charge on any atom is 0.254 e. The SMILES string of the molecule is N#Cc1ccnc(OC2CN(C(=O)c3cccc(Cl)c3)C2)c1. The zero-order chi connectivity index (χ0) is 15.5. The van der Waals surface area contributed by atoms with Gasteiger partial charge in [-0.2, -0.15) is 5.26 Å². The van der Waals surface area contributed by atoms with Crippen molar-refractivity contribution in [2.24, 2.45) is 0 Å². The second kappa shape index (κ2) is 6.04. The Morgan fingerprint density at radius 2 is 2.18 bits per heavy atom. The van der Waals surface area contributed by atoms with E-state index in [0.29, 0.717) is 35.1 Å². The first-order valence-corrected chi connectivity index (χ1v) is 7.11. The van der Waals surface area contributed by atoms with Gasteiger partial charge in [-0.25, -0.2) is 4.98 Å². The molecule has 1 aromatic carbocycles. The molecule has 2 aromatic rings. The van der Waals surface area contributed by atoms with Crippen molar-refractivity contribution in [1.82, 2.24) is 9.88 Å². The molecule has 0 radical (unpaired) electrons. The number of carbonyl (C=O) groups is 1. The lowest BCUT2D eigenvalue weighted by Gasteiger charge is -2.38. The Morgan fingerprint density at radius 1 is 1.36 bits per heavy atom. The van der Waals surface area contributed by atoms with Crippen LogP contribution in [0.3, 0.4) is 0 Å². The average Bonchev–Trinajstić information content (AvgIpc) is 2.50. The summed E-state index contributed by atoms with van der Waals surface area (Å²) < 4.78 is 5.65. The number of benzene rings is 1. The third-order valence-electron chi connectivity index (χ3n) is 3.36. The predicted octanol–water partition coefficient (Wildman–Crippen LogP) is 2.51. The quantitative estimate of drug-likeness (QED) is 0.873. The number of aromatic nitrogens is 1. The number of halogens is 1. The summed E-state index contributed by atoms with van der Waals surface area (Å²) in [5.74, 6) is 0.333. The maximum absolute atomic E-state index is 12.2. The Morgan fingerprint density at radius 3 is 2.91 bits per heavy atom. The number of amides is 1. The maximum atomic E-state index is 12.2. The number of likely N-dealkylation sites (tertiary alicyclic amines) is 1. The lowest BCUT2D eigenvalue weighted by molar-refractivity contribution is 0.0160. The molecule has 0 saturated carbocycles. The van der Waals surface area contributed by atoms with Crippen LogP contribution in [0.25, 0.3) is 0 Å². The minimum absolute atomic E-state index is 0.0684. The third-order valence-corrected chi connectivity index (χ3v) is 3.59. The Labute approximate surface area is 132 Å². The van der Waals surface area contributed by atoms with Crippen LogP contribution in [-0.4, -0.2) is 35.0 Å². The van der Waals surface area contributed by atoms with Crippen LogP contribution in [0, 0.1) is 11.3 Å². The predicted molar refractivity (Wildman–Crippen MR) is 80.7 cm³/mol. The van der Waals surface area contributed by atoms with E-state index in [1.54, 1.807) is 41.3 Å². The van der Waals surface area contributed by atoms with E-state index in [1.165, 1.54) is 6.20 Å². The minimum Gasteiger partial charge on any atom is -0.471 e. The van der Waals surface area contributed by atoms with E-state index in [4.69, 9.17) is 21.6 Å². The van der Waals surface area contributed by atoms with E-state index < -0.39 is 0 Å². The molecule has 1 aliphatic rings. The molecule has 1 saturated heterocycles. The van der Waals surface area contributed by atoms with Crippen molar-refractivity contribution < 1.29 is 9.53 Å². The van der Waals surface area contributed by atoms with E-state index >= 15 is 0 Å². The van der Waals surface area contributed by atoms with Crippen LogP contribution in [0.5, 0.6) is 5.88 Å². The largest absolute Gasteiger partial charge is 0.471 e. The first-order valence-electron chi connectivity index (χ1n) is 6.73. The summed E-state index contributed by atoms with van der Waals surface area (Å²) in [6.07, 6.45) is 1.42. The van der Waals surface area contributed by atoms with Gasteiger partial charge in [-0.3, -0.25) is 4.79 Å². The topological polar surface area (TPSA) is 66.2 Å². The second-order valence-corrected chi connectivity index (χ2v) is 5.39. The van der Waals surface area contributed by atoms with Gasteiger partial charge in [-0.05, 0) is 24.3 Å². The molecule has 0 spiro atoms. The third kappa shape index (κ3) is 3.02. The van der Waals surface area contributed by atoms with E-state index in [2.05, 4.69) is 4.98 Å². The molecule has 1 amide bonds. The summed E-state index contributed by atoms with van der Waals surface area (Å²) in [7, 11) is 0. The van der Waals surface area contributed by atoms with Crippen LogP contribution in [0.4, 0.5) is 0 Å². The van der Waals surface area contributed by atoms with Crippen LogP contribution in [-0.2, 0) is 0 Å². The highest BCUT2D eigenvalue weighted by Crippen LogP contribution is 2.20. The van der Waals surface area contributed by atoms with Crippen molar-refractivity contribution >= 4 is 17.5 Å². The summed E-state index contributed by atoms with van der Waals surface area (Å²) in [6, 6.07) is 12.1. The van der Waals surface area contributed by atoms with Crippen molar-refractivity contribution in [2.45, 2.75) is 6.10 Å². The highest BCUT2D eigenvalue weighted by Gasteiger charge is 2.33. The molecule has 0 bridgehead atoms. The number of hydrogen-bond donors (Lipinski definition) is 0. The lowest BCUT2D eigenvalue weighted by Crippen LogP contribution is -2.56. The summed E-state index contributed by atoms with van der Waals surface area (Å²) in [5.41, 5.74) is 1.06. The molecule has 5 nitrogen and oxygen atoms in total. The molecule has 22 heavy (non-hydrogen) atoms. The lowest BCUT2D eigenvalue weighted by atomic mass is 10.1. The molecule has 110 valence electrons. The highest BCUT2D eigenvalue weighted by molar-refractivity contribution is 6.30. The van der Waals surface area contributed by atoms with E-state index in [1.807, 2.05) is 6.07 Å². The molecular formula is C16H12ClN3O2. The van der Waals surface area contributed by atoms with Gasteiger partial charge in [0.2, 0.25) is 5.88 Å². The number of nitriles is 1. The van der Waals surface area contributed by atoms with Crippen LogP contribution in [0.2, 0.25) is 5.02 Å². The average molecular weight is 314 g/mol. The zero-order valence-electron chi connectivity index (χ0n) is 11.6. The first-order chi connectivity index (χ1) is 10.7. The number of pyridine rings is 1. The van der Waals surface area contributed by atoms with Crippen LogP contribution in [0.15, 0.2) is 42.6 Å². The van der Waals surface area contributed by atoms with E-state index in [-0.39, 0.29) is 12.0 Å². The fourth-order valence-electron chi connectivity index (χ4n) is 2.20. The van der Waals surface area contributed by atoms with Crippen molar-refractivity contribution in [3.63, 3.8) is 0 Å². The standard InChI is InChI=1S/C16H12ClN3O2/c17-13-3-1-2-12(7-13)16(21)20-9-14(10-20)22-15-6-11(8-18)4-5-19-15/h1-7,14H,9-10H2. The van der Waals surface area contributed by atoms with Crippen molar-refractivity contribution in [1.29, 1.82) is 5.26 Å². The molecule has 0 atom stereocenters. The molecule has 1 fully saturated rings. The number of ether oxygens (including phenoxy) is 1. The fourth-order valence-corrected chi connectivity index (χ4v) is 2.39. The van der Waals surface area contributed by atoms with Crippen molar-refractivity contribution in [3.8, 4) is 11.9 Å². The number of hydrogen-bond acceptors (Lipinski definition) is 4. The molecule has 6 heteroatoms. The highest BCUT2D eigenvalue weighted by atomic mass is 35.5. The van der Waals surface area contributed by atoms with Gasteiger partial charge >= 0.3 is 0 Å². The Balaban J connectivity index is 1.58. The molecule has 0 aliphatic carbocycles. The normalized spacial score (nSPS) is 14.1. The molecule has 0 N–H and O–H groups in total. The summed E-state index contributed by atoms with van der Waals surface area (Å²) in [6.45, 7) is 0.980. The van der Waals surface area contributed by atoms with Gasteiger partial charge in [0.15, 0.2) is 0 Å². The number of carbonyl (C=O) groups excluding carboxylic acids is 1. The van der Waals surface area contributed by atoms with Crippen molar-refractivity contribution in [3.05, 3.63) is 58.7 Å². The molecule has 2 heterocycles. The van der Waals surface area contributed by atoms with Crippen LogP contribution >= 0.6 is 11.6 Å². The first kappa shape index (κ1) is 14.4. The van der Waals surface area contributed by atoms with Gasteiger partial charge in [0.25, 0.3) is 5.91 Å². The monoisotopic (exact) mass is 313 g/mol. The molecule has 3 rings (SSSR count). The summed E-state index contributed by atoms with van der Waals surface area (Å²) in [5, 5.41) is 9.37. The molecule has 1 aromatic heterocycles. The van der Waals surface area contributed by atoms with Gasteiger partial charge in [-0.1, -0.05) is 17.7 Å². The van der Waals surface area contributed by atoms with Gasteiger partial charge in [0, 0.05) is 22.8 Å². The van der Waals surface area contributed by atoms with Crippen LogP contribution < -0.4 is 4.74 Å². The van der Waals surface area contributed by atoms with Gasteiger partial charge in [0.1, 0.15) is 6.10 Å². The van der Waals surface area contributed by atoms with E-state index in [0.717, 1.165) is 0 Å². The molecule has 1 aliphatic heterocycles. The number of rotatable bonds is 3. The number of nitrogens with zero attached hydrogens (tertiary/aromatic N) is 3. The smallest absolute Gasteiger partial charge is 0.254 e. The minimum atomic E-state index is -0.107. The Bertz CT molecular complexity index is 751.